The van der Waals surface area contributed by atoms with E-state index in [-0.39, 0.29) is 12.0 Å². The summed E-state index contributed by atoms with van der Waals surface area (Å²) >= 11 is 0. The number of aliphatic hydroxyl groups excluding tert-OH is 1. The summed E-state index contributed by atoms with van der Waals surface area (Å²) in [5, 5.41) is 13.5. The molecule has 1 aliphatic heterocycles. The Hall–Kier alpha value is -0.570. The van der Waals surface area contributed by atoms with Crippen molar-refractivity contribution in [3.8, 4) is 0 Å². The van der Waals surface area contributed by atoms with Crippen molar-refractivity contribution in [2.45, 2.75) is 84.2 Å². The highest BCUT2D eigenvalue weighted by Gasteiger charge is 2.24. The third kappa shape index (κ3) is 6.74. The quantitative estimate of drug-likeness (QED) is 0.533. The molecule has 118 valence electrons. The van der Waals surface area contributed by atoms with Gasteiger partial charge in [0, 0.05) is 12.5 Å². The van der Waals surface area contributed by atoms with Crippen molar-refractivity contribution < 1.29 is 5.11 Å². The molecule has 0 radical (unpaired) electrons. The van der Waals surface area contributed by atoms with Crippen molar-refractivity contribution in [1.29, 1.82) is 0 Å². The van der Waals surface area contributed by atoms with Gasteiger partial charge in [-0.05, 0) is 12.8 Å². The van der Waals surface area contributed by atoms with Crippen molar-refractivity contribution in [2.75, 3.05) is 13.1 Å². The molecule has 2 unspecified atom stereocenters. The molecule has 0 aromatic rings. The molecule has 0 bridgehead atoms. The van der Waals surface area contributed by atoms with Gasteiger partial charge in [-0.2, -0.15) is 0 Å². The van der Waals surface area contributed by atoms with Crippen LogP contribution in [0.4, 0.5) is 0 Å². The van der Waals surface area contributed by atoms with E-state index in [0.29, 0.717) is 0 Å². The van der Waals surface area contributed by atoms with E-state index in [4.69, 9.17) is 0 Å². The molecular weight excluding hydrogens is 248 g/mol. The Bertz CT molecular complexity index is 266. The van der Waals surface area contributed by atoms with Crippen LogP contribution in [0.3, 0.4) is 0 Å². The second kappa shape index (κ2) is 11.1. The van der Waals surface area contributed by atoms with E-state index in [1.807, 2.05) is 0 Å². The first-order valence-electron chi connectivity index (χ1n) is 8.75. The van der Waals surface area contributed by atoms with Crippen LogP contribution in [0.25, 0.3) is 0 Å². The molecule has 20 heavy (non-hydrogen) atoms. The van der Waals surface area contributed by atoms with Crippen LogP contribution in [0.15, 0.2) is 4.99 Å². The molecule has 0 aliphatic carbocycles. The van der Waals surface area contributed by atoms with Crippen LogP contribution in [0, 0.1) is 5.92 Å². The molecule has 0 spiro atoms. The van der Waals surface area contributed by atoms with Crippen LogP contribution in [0.1, 0.15) is 78.1 Å². The predicted molar refractivity (Wildman–Crippen MR) is 87.3 cm³/mol. The first-order valence-corrected chi connectivity index (χ1v) is 8.75. The lowest BCUT2D eigenvalue weighted by Gasteiger charge is -2.22. The van der Waals surface area contributed by atoms with Gasteiger partial charge >= 0.3 is 0 Å². The number of nitrogens with zero attached hydrogens (tertiary/aromatic N) is 1. The van der Waals surface area contributed by atoms with Gasteiger partial charge in [0.15, 0.2) is 0 Å². The zero-order valence-electron chi connectivity index (χ0n) is 13.5. The predicted octanol–water partition coefficient (Wildman–Crippen LogP) is 3.91. The Morgan fingerprint density at radius 1 is 1.05 bits per heavy atom. The SMILES string of the molecule is CCCCCCCCCCC(C1=NCCN1)C(O)CC. The highest BCUT2D eigenvalue weighted by Crippen LogP contribution is 2.19. The Balaban J connectivity index is 2.13. The number of aliphatic imine (C=N–C) groups is 1. The van der Waals surface area contributed by atoms with Crippen LogP contribution in [0.5, 0.6) is 0 Å². The van der Waals surface area contributed by atoms with Crippen LogP contribution >= 0.6 is 0 Å². The third-order valence-corrected chi connectivity index (χ3v) is 4.30. The standard InChI is InChI=1S/C17H34N2O/c1-3-5-6-7-8-9-10-11-12-15(16(20)4-2)17-18-13-14-19-17/h15-16,20H,3-14H2,1-2H3,(H,18,19). The maximum absolute atomic E-state index is 10.2. The largest absolute Gasteiger partial charge is 0.392 e. The molecule has 1 heterocycles. The summed E-state index contributed by atoms with van der Waals surface area (Å²) in [6.07, 6.45) is 12.4. The second-order valence-corrected chi connectivity index (χ2v) is 6.04. The van der Waals surface area contributed by atoms with Crippen molar-refractivity contribution in [1.82, 2.24) is 5.32 Å². The molecule has 2 N–H and O–H groups in total. The summed E-state index contributed by atoms with van der Waals surface area (Å²) in [5.74, 6) is 1.30. The van der Waals surface area contributed by atoms with E-state index in [1.54, 1.807) is 0 Å². The first-order chi connectivity index (χ1) is 9.79. The van der Waals surface area contributed by atoms with E-state index in [9.17, 15) is 5.11 Å². The van der Waals surface area contributed by atoms with E-state index in [2.05, 4.69) is 24.2 Å². The Labute approximate surface area is 125 Å². The molecule has 2 atom stereocenters. The van der Waals surface area contributed by atoms with Crippen molar-refractivity contribution >= 4 is 5.84 Å². The lowest BCUT2D eigenvalue weighted by Crippen LogP contribution is -2.35. The fraction of sp³-hybridized carbons (Fsp3) is 0.941. The van der Waals surface area contributed by atoms with Crippen molar-refractivity contribution in [2.24, 2.45) is 10.9 Å². The maximum atomic E-state index is 10.2. The molecule has 3 heteroatoms. The van der Waals surface area contributed by atoms with Crippen molar-refractivity contribution in [3.63, 3.8) is 0 Å². The summed E-state index contributed by atoms with van der Waals surface area (Å²) < 4.78 is 0. The number of nitrogens with one attached hydrogen (secondary N) is 1. The lowest BCUT2D eigenvalue weighted by molar-refractivity contribution is 0.127. The average molecular weight is 282 g/mol. The molecule has 0 saturated carbocycles. The zero-order valence-corrected chi connectivity index (χ0v) is 13.5. The molecule has 0 fully saturated rings. The number of unbranched alkanes of at least 4 members (excludes halogenated alkanes) is 7. The topological polar surface area (TPSA) is 44.6 Å². The van der Waals surface area contributed by atoms with E-state index in [1.165, 1.54) is 51.4 Å². The minimum Gasteiger partial charge on any atom is -0.392 e. The molecule has 1 aliphatic rings. The zero-order chi connectivity index (χ0) is 14.6. The highest BCUT2D eigenvalue weighted by atomic mass is 16.3. The van der Waals surface area contributed by atoms with Crippen LogP contribution in [-0.2, 0) is 0 Å². The van der Waals surface area contributed by atoms with Crippen LogP contribution in [0.2, 0.25) is 0 Å². The molecule has 0 aromatic heterocycles. The third-order valence-electron chi connectivity index (χ3n) is 4.30. The van der Waals surface area contributed by atoms with Gasteiger partial charge in [0.25, 0.3) is 0 Å². The van der Waals surface area contributed by atoms with E-state index in [0.717, 1.165) is 31.8 Å². The summed E-state index contributed by atoms with van der Waals surface area (Å²) in [5.41, 5.74) is 0. The molecule has 0 saturated heterocycles. The Kier molecular flexibility index (Phi) is 9.73. The van der Waals surface area contributed by atoms with Gasteiger partial charge in [-0.1, -0.05) is 65.2 Å². The number of hydrogen-bond donors (Lipinski definition) is 2. The second-order valence-electron chi connectivity index (χ2n) is 6.04. The minimum absolute atomic E-state index is 0.232. The normalized spacial score (nSPS) is 17.6. The van der Waals surface area contributed by atoms with Gasteiger partial charge in [-0.25, -0.2) is 0 Å². The minimum atomic E-state index is -0.232. The van der Waals surface area contributed by atoms with Gasteiger partial charge in [0.1, 0.15) is 5.84 Å². The molecule has 1 rings (SSSR count). The Morgan fingerprint density at radius 3 is 2.25 bits per heavy atom. The van der Waals surface area contributed by atoms with Gasteiger partial charge in [-0.3, -0.25) is 4.99 Å². The molecular formula is C17H34N2O. The number of amidine groups is 1. The fourth-order valence-corrected chi connectivity index (χ4v) is 2.96. The van der Waals surface area contributed by atoms with Gasteiger partial charge in [-0.15, -0.1) is 0 Å². The van der Waals surface area contributed by atoms with Gasteiger partial charge in [0.2, 0.25) is 0 Å². The van der Waals surface area contributed by atoms with Crippen LogP contribution < -0.4 is 5.32 Å². The Morgan fingerprint density at radius 2 is 1.70 bits per heavy atom. The van der Waals surface area contributed by atoms with Gasteiger partial charge in [0.05, 0.1) is 12.6 Å². The summed E-state index contributed by atoms with van der Waals surface area (Å²) in [6, 6.07) is 0. The van der Waals surface area contributed by atoms with Gasteiger partial charge < -0.3 is 10.4 Å². The molecule has 3 nitrogen and oxygen atoms in total. The summed E-state index contributed by atoms with van der Waals surface area (Å²) in [6.45, 7) is 6.14. The summed E-state index contributed by atoms with van der Waals surface area (Å²) in [7, 11) is 0. The molecule has 0 amide bonds. The highest BCUT2D eigenvalue weighted by molar-refractivity contribution is 5.86. The first kappa shape index (κ1) is 17.5. The summed E-state index contributed by atoms with van der Waals surface area (Å²) in [4.78, 5) is 4.50. The average Bonchev–Trinajstić information content (AvgIpc) is 2.99. The number of aliphatic hydroxyl groups is 1. The fourth-order valence-electron chi connectivity index (χ4n) is 2.96. The number of hydrogen-bond acceptors (Lipinski definition) is 3. The van der Waals surface area contributed by atoms with E-state index < -0.39 is 0 Å². The van der Waals surface area contributed by atoms with Crippen molar-refractivity contribution in [3.05, 3.63) is 0 Å². The number of rotatable bonds is 12. The smallest absolute Gasteiger partial charge is 0.102 e. The lowest BCUT2D eigenvalue weighted by atomic mass is 9.92. The monoisotopic (exact) mass is 282 g/mol. The maximum Gasteiger partial charge on any atom is 0.102 e. The molecule has 0 aromatic carbocycles. The van der Waals surface area contributed by atoms with E-state index >= 15 is 0 Å². The van der Waals surface area contributed by atoms with Crippen LogP contribution in [-0.4, -0.2) is 30.1 Å².